The first kappa shape index (κ1) is 53.9. The number of terminal acetylenes is 1. The highest BCUT2D eigenvalue weighted by atomic mass is 16.7. The maximum atomic E-state index is 7.00. The van der Waals surface area contributed by atoms with Crippen LogP contribution in [0.4, 0.5) is 0 Å². The average Bonchev–Trinajstić information content (AvgIpc) is 1.75. The fraction of sp³-hybridized carbons (Fsp3) is 0.500. The average molecular weight is 168 g/mol. The molecule has 0 atom stereocenters. The van der Waals surface area contributed by atoms with Crippen molar-refractivity contribution in [2.24, 2.45) is 0 Å². The Hall–Kier alpha value is -1.32. The SMILES string of the molecule is C.C.C.C#CC#CC.O.O=O.[HH].[HH].[HH]. The third-order valence-electron chi connectivity index (χ3n) is 0.197. The van der Waals surface area contributed by atoms with Crippen LogP contribution in [0.2, 0.25) is 0 Å². The van der Waals surface area contributed by atoms with Gasteiger partial charge in [-0.3, -0.25) is 0 Å². The van der Waals surface area contributed by atoms with Gasteiger partial charge >= 0.3 is 0 Å². The maximum absolute atomic E-state index is 7.00. The van der Waals surface area contributed by atoms with Gasteiger partial charge in [0.1, 0.15) is 0 Å². The van der Waals surface area contributed by atoms with E-state index in [0.717, 1.165) is 0 Å². The van der Waals surface area contributed by atoms with Crippen LogP contribution in [0.5, 0.6) is 0 Å². The minimum absolute atomic E-state index is 0. The van der Waals surface area contributed by atoms with E-state index in [2.05, 4.69) is 17.8 Å². The summed E-state index contributed by atoms with van der Waals surface area (Å²) in [4.78, 5) is 14.0. The van der Waals surface area contributed by atoms with Crippen molar-refractivity contribution in [3.63, 3.8) is 0 Å². The van der Waals surface area contributed by atoms with Gasteiger partial charge in [0, 0.05) is 14.2 Å². The van der Waals surface area contributed by atoms with Gasteiger partial charge in [0.2, 0.25) is 0 Å². The molecule has 0 unspecified atom stereocenters. The van der Waals surface area contributed by atoms with E-state index in [4.69, 9.17) is 16.4 Å². The van der Waals surface area contributed by atoms with E-state index in [1.54, 1.807) is 6.92 Å². The minimum Gasteiger partial charge on any atom is -0.412 e. The molecule has 0 heterocycles. The Balaban J connectivity index is -0.00000000377. The van der Waals surface area contributed by atoms with Gasteiger partial charge in [0.15, 0.2) is 0 Å². The van der Waals surface area contributed by atoms with Crippen LogP contribution in [0.15, 0.2) is 0 Å². The lowest BCUT2D eigenvalue weighted by atomic mass is 10.6. The summed E-state index contributed by atoms with van der Waals surface area (Å²) in [6, 6.07) is 0. The monoisotopic (exact) mass is 168 g/mol. The molecule has 3 nitrogen and oxygen atoms in total. The molecule has 3 heteroatoms. The van der Waals surface area contributed by atoms with Crippen LogP contribution in [-0.4, -0.2) is 5.48 Å². The Bertz CT molecular complexity index is 124. The summed E-state index contributed by atoms with van der Waals surface area (Å²) >= 11 is 0. The molecule has 0 aliphatic heterocycles. The van der Waals surface area contributed by atoms with Gasteiger partial charge in [-0.2, -0.15) is 0 Å². The van der Waals surface area contributed by atoms with Gasteiger partial charge < -0.3 is 5.48 Å². The first-order valence-corrected chi connectivity index (χ1v) is 1.46. The summed E-state index contributed by atoms with van der Waals surface area (Å²) in [5.41, 5.74) is 0. The normalized spacial score (nSPS) is 1.82. The second kappa shape index (κ2) is 181. The molecule has 0 aromatic rings. The topological polar surface area (TPSA) is 65.6 Å². The van der Waals surface area contributed by atoms with Crippen molar-refractivity contribution in [3.8, 4) is 24.2 Å². The fourth-order valence-electron chi connectivity index (χ4n) is 0.0722. The molecule has 0 saturated heterocycles. The van der Waals surface area contributed by atoms with E-state index in [-0.39, 0.29) is 32.0 Å². The number of hydrogen-bond acceptors (Lipinski definition) is 2. The largest absolute Gasteiger partial charge is 0.412 e. The standard InChI is InChI=1S/C5H4.3CH4.O2.H2O.3H2/c1-3-5-4-2;;;;1-2;;;;/h1H,2H3;3*1H4;;1H2;3*1H. The van der Waals surface area contributed by atoms with Gasteiger partial charge in [-0.15, -0.1) is 6.42 Å². The van der Waals surface area contributed by atoms with Crippen molar-refractivity contribution in [1.82, 2.24) is 0 Å². The Morgan fingerprint density at radius 2 is 1.45 bits per heavy atom. The molecule has 0 aliphatic carbocycles. The van der Waals surface area contributed by atoms with Crippen molar-refractivity contribution in [2.75, 3.05) is 0 Å². The Labute approximate surface area is 74.2 Å². The quantitative estimate of drug-likeness (QED) is 0.522. The highest BCUT2D eigenvalue weighted by molar-refractivity contribution is 5.20. The molecule has 0 aromatic carbocycles. The Morgan fingerprint density at radius 1 is 1.18 bits per heavy atom. The predicted octanol–water partition coefficient (Wildman–Crippen LogP) is 2.53. The Kier molecular flexibility index (Phi) is 888. The molecule has 0 bridgehead atoms. The van der Waals surface area contributed by atoms with E-state index >= 15 is 0 Å². The first-order valence-electron chi connectivity index (χ1n) is 1.46. The summed E-state index contributed by atoms with van der Waals surface area (Å²) < 4.78 is 0. The van der Waals surface area contributed by atoms with E-state index in [9.17, 15) is 0 Å². The van der Waals surface area contributed by atoms with E-state index < -0.39 is 0 Å². The van der Waals surface area contributed by atoms with Gasteiger partial charge in [0.25, 0.3) is 0 Å². The van der Waals surface area contributed by atoms with Crippen LogP contribution in [0.3, 0.4) is 0 Å². The van der Waals surface area contributed by atoms with E-state index in [0.29, 0.717) is 0 Å². The summed E-state index contributed by atoms with van der Waals surface area (Å²) in [6.07, 6.45) is 4.72. The summed E-state index contributed by atoms with van der Waals surface area (Å²) in [5.74, 6) is 7.08. The summed E-state index contributed by atoms with van der Waals surface area (Å²) in [7, 11) is 0. The lowest BCUT2D eigenvalue weighted by molar-refractivity contribution is 0.824. The van der Waals surface area contributed by atoms with Crippen LogP contribution < -0.4 is 0 Å². The molecule has 0 fully saturated rings. The zero-order valence-electron chi connectivity index (χ0n) is 4.39. The molecule has 0 aliphatic rings. The molecular formula is C8H24O3. The van der Waals surface area contributed by atoms with Crippen LogP contribution in [-0.2, 0) is 0 Å². The van der Waals surface area contributed by atoms with Crippen LogP contribution in [0, 0.1) is 34.1 Å². The Morgan fingerprint density at radius 3 is 1.45 bits per heavy atom. The molecule has 0 spiro atoms. The predicted molar refractivity (Wildman–Crippen MR) is 59.2 cm³/mol. The van der Waals surface area contributed by atoms with Gasteiger partial charge in [-0.05, 0) is 18.8 Å². The van der Waals surface area contributed by atoms with E-state index in [1.165, 1.54) is 0 Å². The molecule has 2 N–H and O–H groups in total. The van der Waals surface area contributed by atoms with Crippen LogP contribution in [0.1, 0.15) is 33.5 Å². The highest BCUT2D eigenvalue weighted by Crippen LogP contribution is 1.41. The van der Waals surface area contributed by atoms with E-state index in [1.807, 2.05) is 0 Å². The second-order valence-corrected chi connectivity index (χ2v) is 0.519. The number of rotatable bonds is 0. The molecule has 0 aromatic heterocycles. The van der Waals surface area contributed by atoms with Gasteiger partial charge in [-0.25, -0.2) is 0 Å². The van der Waals surface area contributed by atoms with Crippen molar-refractivity contribution in [3.05, 3.63) is 9.93 Å². The lowest BCUT2D eigenvalue weighted by Crippen LogP contribution is -1.36. The molecule has 0 amide bonds. The van der Waals surface area contributed by atoms with Crippen LogP contribution >= 0.6 is 0 Å². The molecule has 0 radical (unpaired) electrons. The summed E-state index contributed by atoms with van der Waals surface area (Å²) in [5, 5.41) is 0. The summed E-state index contributed by atoms with van der Waals surface area (Å²) in [6.45, 7) is 1.71. The number of hydrogen-bond donors (Lipinski definition) is 0. The molecule has 0 rings (SSSR count). The van der Waals surface area contributed by atoms with Crippen molar-refractivity contribution in [1.29, 1.82) is 0 Å². The van der Waals surface area contributed by atoms with Gasteiger partial charge in [-0.1, -0.05) is 28.2 Å². The molecule has 0 saturated carbocycles. The highest BCUT2D eigenvalue weighted by Gasteiger charge is 1.35. The third-order valence-corrected chi connectivity index (χ3v) is 0.197. The third kappa shape index (κ3) is 838. The fourth-order valence-corrected chi connectivity index (χ4v) is 0.0722. The molecule has 74 valence electrons. The smallest absolute Gasteiger partial charge is 0 e. The zero-order chi connectivity index (χ0) is 6.12. The second-order valence-electron chi connectivity index (χ2n) is 0.519. The van der Waals surface area contributed by atoms with Crippen molar-refractivity contribution in [2.45, 2.75) is 29.2 Å². The van der Waals surface area contributed by atoms with Crippen molar-refractivity contribution >= 4 is 0 Å². The lowest BCUT2D eigenvalue weighted by Gasteiger charge is -1.42. The van der Waals surface area contributed by atoms with Crippen molar-refractivity contribution < 1.29 is 9.76 Å². The zero-order valence-corrected chi connectivity index (χ0v) is 4.39. The molecule has 11 heavy (non-hydrogen) atoms. The van der Waals surface area contributed by atoms with Crippen LogP contribution in [0.25, 0.3) is 0 Å². The minimum atomic E-state index is 0. The maximum Gasteiger partial charge on any atom is 0 e. The first-order chi connectivity index (χ1) is 3.41. The molecular weight excluding hydrogens is 144 g/mol. The van der Waals surface area contributed by atoms with Gasteiger partial charge in [0.05, 0.1) is 0 Å².